The molecule has 1 N–H and O–H groups in total. The predicted octanol–water partition coefficient (Wildman–Crippen LogP) is 1.18. The molecule has 0 unspecified atom stereocenters. The van der Waals surface area contributed by atoms with Gasteiger partial charge in [-0.1, -0.05) is 17.3 Å². The number of Topliss-reactive ketones (excluding diaryl/α,β-unsaturated/α-hetero) is 1. The number of aromatic hydroxyl groups is 1. The smallest absolute Gasteiger partial charge is 0.181 e. The zero-order valence-corrected chi connectivity index (χ0v) is 8.08. The molecule has 1 aromatic heterocycles. The van der Waals surface area contributed by atoms with Gasteiger partial charge in [0.25, 0.3) is 0 Å². The number of benzene rings is 1. The van der Waals surface area contributed by atoms with Gasteiger partial charge in [0.2, 0.25) is 0 Å². The molecule has 0 amide bonds. The van der Waals surface area contributed by atoms with E-state index in [0.717, 1.165) is 0 Å². The summed E-state index contributed by atoms with van der Waals surface area (Å²) in [7, 11) is 0. The summed E-state index contributed by atoms with van der Waals surface area (Å²) in [5, 5.41) is 17.0. The minimum absolute atomic E-state index is 0.0949. The largest absolute Gasteiger partial charge is 0.506 e. The van der Waals surface area contributed by atoms with Crippen molar-refractivity contribution in [3.8, 4) is 11.4 Å². The topological polar surface area (TPSA) is 68.0 Å². The third-order valence-electron chi connectivity index (χ3n) is 1.98. The lowest BCUT2D eigenvalue weighted by Gasteiger charge is -2.01. The first-order chi connectivity index (χ1) is 7.18. The van der Waals surface area contributed by atoms with Crippen LogP contribution in [-0.2, 0) is 0 Å². The highest BCUT2D eigenvalue weighted by Crippen LogP contribution is 2.19. The van der Waals surface area contributed by atoms with Gasteiger partial charge in [0.1, 0.15) is 17.1 Å². The van der Waals surface area contributed by atoms with Crippen LogP contribution in [0.15, 0.2) is 30.5 Å². The second-order valence-electron chi connectivity index (χ2n) is 3.09. The Morgan fingerprint density at radius 2 is 2.13 bits per heavy atom. The molecule has 0 bridgehead atoms. The van der Waals surface area contributed by atoms with Gasteiger partial charge < -0.3 is 5.11 Å². The zero-order chi connectivity index (χ0) is 10.8. The van der Waals surface area contributed by atoms with Crippen molar-refractivity contribution in [1.82, 2.24) is 15.0 Å². The maximum Gasteiger partial charge on any atom is 0.181 e. The van der Waals surface area contributed by atoms with Gasteiger partial charge >= 0.3 is 0 Å². The van der Waals surface area contributed by atoms with E-state index >= 15 is 0 Å². The lowest BCUT2D eigenvalue weighted by molar-refractivity contribution is 0.101. The van der Waals surface area contributed by atoms with Crippen LogP contribution in [0.5, 0.6) is 5.75 Å². The Bertz CT molecular complexity index is 505. The van der Waals surface area contributed by atoms with Crippen molar-refractivity contribution >= 4 is 5.78 Å². The van der Waals surface area contributed by atoms with Crippen LogP contribution < -0.4 is 0 Å². The molecule has 2 rings (SSSR count). The van der Waals surface area contributed by atoms with E-state index in [-0.39, 0.29) is 17.2 Å². The van der Waals surface area contributed by atoms with Gasteiger partial charge in [-0.15, -0.1) is 5.10 Å². The average molecular weight is 203 g/mol. The number of aromatic nitrogens is 3. The third-order valence-corrected chi connectivity index (χ3v) is 1.98. The maximum absolute atomic E-state index is 11.0. The summed E-state index contributed by atoms with van der Waals surface area (Å²) in [4.78, 5) is 11.0. The zero-order valence-electron chi connectivity index (χ0n) is 8.08. The van der Waals surface area contributed by atoms with Crippen LogP contribution in [0.4, 0.5) is 0 Å². The number of phenolic OH excluding ortho intramolecular Hbond substituents is 1. The first-order valence-electron chi connectivity index (χ1n) is 4.40. The van der Waals surface area contributed by atoms with Crippen LogP contribution in [0.3, 0.4) is 0 Å². The van der Waals surface area contributed by atoms with Crippen LogP contribution in [0.2, 0.25) is 0 Å². The minimum Gasteiger partial charge on any atom is -0.506 e. The van der Waals surface area contributed by atoms with Crippen molar-refractivity contribution in [1.29, 1.82) is 0 Å². The number of carbonyl (C=O) groups is 1. The quantitative estimate of drug-likeness (QED) is 0.744. The van der Waals surface area contributed by atoms with E-state index in [1.807, 2.05) is 0 Å². The number of ketones is 1. The van der Waals surface area contributed by atoms with Crippen molar-refractivity contribution in [2.45, 2.75) is 6.92 Å². The SMILES string of the molecule is CC(=O)c1cn(-c2ccccc2O)nn1. The number of hydrogen-bond acceptors (Lipinski definition) is 4. The summed E-state index contributed by atoms with van der Waals surface area (Å²) in [5.41, 5.74) is 0.774. The van der Waals surface area contributed by atoms with Gasteiger partial charge in [-0.05, 0) is 12.1 Å². The summed E-state index contributed by atoms with van der Waals surface area (Å²) in [6, 6.07) is 6.71. The van der Waals surface area contributed by atoms with Crippen LogP contribution in [-0.4, -0.2) is 25.9 Å². The average Bonchev–Trinajstić information content (AvgIpc) is 2.67. The molecule has 5 heteroatoms. The lowest BCUT2D eigenvalue weighted by atomic mass is 10.3. The van der Waals surface area contributed by atoms with Gasteiger partial charge in [0, 0.05) is 6.92 Å². The Kier molecular flexibility index (Phi) is 2.21. The van der Waals surface area contributed by atoms with E-state index in [4.69, 9.17) is 0 Å². The van der Waals surface area contributed by atoms with Crippen molar-refractivity contribution < 1.29 is 9.90 Å². The second-order valence-corrected chi connectivity index (χ2v) is 3.09. The normalized spacial score (nSPS) is 10.2. The Labute approximate surface area is 86.0 Å². The number of phenols is 1. The van der Waals surface area contributed by atoms with E-state index in [0.29, 0.717) is 5.69 Å². The van der Waals surface area contributed by atoms with Crippen molar-refractivity contribution in [2.75, 3.05) is 0 Å². The Morgan fingerprint density at radius 1 is 1.40 bits per heavy atom. The van der Waals surface area contributed by atoms with Crippen LogP contribution in [0.25, 0.3) is 5.69 Å². The van der Waals surface area contributed by atoms with Crippen molar-refractivity contribution in [3.05, 3.63) is 36.2 Å². The summed E-state index contributed by atoms with van der Waals surface area (Å²) in [6.07, 6.45) is 1.48. The minimum atomic E-state index is -0.156. The summed E-state index contributed by atoms with van der Waals surface area (Å²) >= 11 is 0. The second kappa shape index (κ2) is 3.53. The number of nitrogens with zero attached hydrogens (tertiary/aromatic N) is 3. The Balaban J connectivity index is 2.46. The highest BCUT2D eigenvalue weighted by molar-refractivity contribution is 5.91. The van der Waals surface area contributed by atoms with Gasteiger partial charge in [0.05, 0.1) is 6.20 Å². The molecule has 0 radical (unpaired) electrons. The van der Waals surface area contributed by atoms with Crippen LogP contribution >= 0.6 is 0 Å². The Hall–Kier alpha value is -2.17. The van der Waals surface area contributed by atoms with E-state index in [1.54, 1.807) is 24.3 Å². The molecule has 0 spiro atoms. The molecule has 0 atom stereocenters. The number of rotatable bonds is 2. The van der Waals surface area contributed by atoms with E-state index in [9.17, 15) is 9.90 Å². The number of para-hydroxylation sites is 2. The molecule has 1 aromatic carbocycles. The van der Waals surface area contributed by atoms with Gasteiger partial charge in [-0.3, -0.25) is 4.79 Å². The van der Waals surface area contributed by atoms with E-state index in [1.165, 1.54) is 17.8 Å². The van der Waals surface area contributed by atoms with Gasteiger partial charge in [0.15, 0.2) is 5.78 Å². The maximum atomic E-state index is 11.0. The van der Waals surface area contributed by atoms with Crippen molar-refractivity contribution in [2.24, 2.45) is 0 Å². The van der Waals surface area contributed by atoms with Gasteiger partial charge in [-0.25, -0.2) is 4.68 Å². The summed E-state index contributed by atoms with van der Waals surface area (Å²) in [6.45, 7) is 1.42. The standard InChI is InChI=1S/C10H9N3O2/c1-7(14)8-6-13(12-11-8)9-4-2-3-5-10(9)15/h2-6,15H,1H3. The molecule has 0 aliphatic heterocycles. The first kappa shape index (κ1) is 9.39. The summed E-state index contributed by atoms with van der Waals surface area (Å²) < 4.78 is 1.37. The Morgan fingerprint density at radius 3 is 2.73 bits per heavy atom. The van der Waals surface area contributed by atoms with Gasteiger partial charge in [-0.2, -0.15) is 0 Å². The first-order valence-corrected chi connectivity index (χ1v) is 4.40. The monoisotopic (exact) mass is 203 g/mol. The molecule has 2 aromatic rings. The fourth-order valence-corrected chi connectivity index (χ4v) is 1.20. The molecule has 5 nitrogen and oxygen atoms in total. The lowest BCUT2D eigenvalue weighted by Crippen LogP contribution is -1.94. The van der Waals surface area contributed by atoms with E-state index < -0.39 is 0 Å². The summed E-state index contributed by atoms with van der Waals surface area (Å²) in [5.74, 6) is -0.0610. The molecule has 0 aliphatic rings. The third kappa shape index (κ3) is 1.71. The molecule has 0 saturated heterocycles. The molecule has 0 aliphatic carbocycles. The molecular formula is C10H9N3O2. The predicted molar refractivity (Wildman–Crippen MR) is 53.0 cm³/mol. The fourth-order valence-electron chi connectivity index (χ4n) is 1.20. The number of carbonyl (C=O) groups excluding carboxylic acids is 1. The number of hydrogen-bond donors (Lipinski definition) is 1. The highest BCUT2D eigenvalue weighted by atomic mass is 16.3. The molecule has 0 fully saturated rings. The molecular weight excluding hydrogens is 194 g/mol. The highest BCUT2D eigenvalue weighted by Gasteiger charge is 2.08. The molecule has 76 valence electrons. The van der Waals surface area contributed by atoms with Crippen LogP contribution in [0.1, 0.15) is 17.4 Å². The molecule has 0 saturated carbocycles. The molecule has 1 heterocycles. The van der Waals surface area contributed by atoms with Crippen molar-refractivity contribution in [3.63, 3.8) is 0 Å². The van der Waals surface area contributed by atoms with E-state index in [2.05, 4.69) is 10.3 Å². The molecule has 15 heavy (non-hydrogen) atoms. The fraction of sp³-hybridized carbons (Fsp3) is 0.100. The van der Waals surface area contributed by atoms with Crippen LogP contribution in [0, 0.1) is 0 Å².